The Kier molecular flexibility index (Phi) is 3.46. The third-order valence-electron chi connectivity index (χ3n) is 2.61. The van der Waals surface area contributed by atoms with Crippen molar-refractivity contribution >= 4 is 5.69 Å². The first-order valence-electron chi connectivity index (χ1n) is 5.47. The fraction of sp³-hybridized carbons (Fsp3) is 0.143. The molecule has 0 saturated heterocycles. The average Bonchev–Trinajstić information content (AvgIpc) is 2.32. The van der Waals surface area contributed by atoms with Gasteiger partial charge >= 0.3 is 6.61 Å². The molecule has 2 aromatic carbocycles. The predicted octanol–water partition coefficient (Wildman–Crippen LogP) is 3.85. The molecule has 18 heavy (non-hydrogen) atoms. The van der Waals surface area contributed by atoms with Crippen LogP contribution >= 0.6 is 0 Å². The van der Waals surface area contributed by atoms with Gasteiger partial charge in [-0.2, -0.15) is 8.78 Å². The number of benzene rings is 2. The van der Waals surface area contributed by atoms with Crippen LogP contribution in [0, 0.1) is 6.92 Å². The molecule has 0 unspecified atom stereocenters. The second-order valence-corrected chi connectivity index (χ2v) is 4.00. The summed E-state index contributed by atoms with van der Waals surface area (Å²) in [4.78, 5) is 0. The molecule has 0 saturated carbocycles. The van der Waals surface area contributed by atoms with Crippen LogP contribution in [-0.4, -0.2) is 6.61 Å². The summed E-state index contributed by atoms with van der Waals surface area (Å²) in [7, 11) is 0. The van der Waals surface area contributed by atoms with E-state index in [-0.39, 0.29) is 11.4 Å². The molecule has 0 spiro atoms. The highest BCUT2D eigenvalue weighted by atomic mass is 19.3. The molecule has 4 heteroatoms. The van der Waals surface area contributed by atoms with E-state index in [9.17, 15) is 8.78 Å². The Morgan fingerprint density at radius 2 is 1.61 bits per heavy atom. The molecule has 0 aliphatic rings. The number of ether oxygens (including phenoxy) is 1. The van der Waals surface area contributed by atoms with Gasteiger partial charge in [0, 0.05) is 0 Å². The molecule has 0 heterocycles. The average molecular weight is 249 g/mol. The minimum atomic E-state index is -2.86. The topological polar surface area (TPSA) is 35.2 Å². The molecular weight excluding hydrogens is 236 g/mol. The Bertz CT molecular complexity index is 538. The summed E-state index contributed by atoms with van der Waals surface area (Å²) >= 11 is 0. The number of rotatable bonds is 3. The third kappa shape index (κ3) is 2.77. The highest BCUT2D eigenvalue weighted by Gasteiger charge is 2.08. The summed E-state index contributed by atoms with van der Waals surface area (Å²) in [6.07, 6.45) is 0. The maximum absolute atomic E-state index is 12.1. The number of hydrogen-bond donors (Lipinski definition) is 1. The van der Waals surface area contributed by atoms with Crippen molar-refractivity contribution in [1.29, 1.82) is 0 Å². The molecule has 0 aromatic heterocycles. The van der Waals surface area contributed by atoms with E-state index in [2.05, 4.69) is 4.74 Å². The van der Waals surface area contributed by atoms with Crippen LogP contribution in [0.4, 0.5) is 14.5 Å². The SMILES string of the molecule is Cc1ccc(-c2ccc(OC(F)F)c(N)c2)cc1. The zero-order chi connectivity index (χ0) is 13.1. The Morgan fingerprint density at radius 3 is 2.17 bits per heavy atom. The van der Waals surface area contributed by atoms with Gasteiger partial charge in [0.05, 0.1) is 5.69 Å². The second kappa shape index (κ2) is 5.04. The van der Waals surface area contributed by atoms with E-state index < -0.39 is 6.61 Å². The molecule has 2 rings (SSSR count). The van der Waals surface area contributed by atoms with Crippen LogP contribution in [0.1, 0.15) is 5.56 Å². The van der Waals surface area contributed by atoms with Crippen molar-refractivity contribution < 1.29 is 13.5 Å². The Morgan fingerprint density at radius 1 is 1.00 bits per heavy atom. The summed E-state index contributed by atoms with van der Waals surface area (Å²) < 4.78 is 28.5. The molecule has 2 nitrogen and oxygen atoms in total. The predicted molar refractivity (Wildman–Crippen MR) is 67.7 cm³/mol. The lowest BCUT2D eigenvalue weighted by Crippen LogP contribution is -2.04. The molecule has 0 aliphatic carbocycles. The van der Waals surface area contributed by atoms with E-state index in [1.807, 2.05) is 31.2 Å². The molecule has 0 amide bonds. The van der Waals surface area contributed by atoms with Gasteiger partial charge in [-0.05, 0) is 30.2 Å². The Hall–Kier alpha value is -2.10. The highest BCUT2D eigenvalue weighted by molar-refractivity contribution is 5.70. The van der Waals surface area contributed by atoms with Crippen LogP contribution in [-0.2, 0) is 0 Å². The summed E-state index contributed by atoms with van der Waals surface area (Å²) in [5.41, 5.74) is 8.89. The number of alkyl halides is 2. The normalized spacial score (nSPS) is 10.7. The van der Waals surface area contributed by atoms with Gasteiger partial charge in [0.15, 0.2) is 0 Å². The van der Waals surface area contributed by atoms with E-state index in [1.165, 1.54) is 6.07 Å². The third-order valence-corrected chi connectivity index (χ3v) is 2.61. The lowest BCUT2D eigenvalue weighted by atomic mass is 10.0. The van der Waals surface area contributed by atoms with Gasteiger partial charge in [0.25, 0.3) is 0 Å². The number of aryl methyl sites for hydroxylation is 1. The summed E-state index contributed by atoms with van der Waals surface area (Å²) in [5, 5.41) is 0. The standard InChI is InChI=1S/C14H13F2NO/c1-9-2-4-10(5-3-9)11-6-7-13(12(17)8-11)18-14(15)16/h2-8,14H,17H2,1H3. The van der Waals surface area contributed by atoms with Crippen molar-refractivity contribution in [2.24, 2.45) is 0 Å². The second-order valence-electron chi connectivity index (χ2n) is 4.00. The first kappa shape index (κ1) is 12.4. The molecule has 0 aliphatic heterocycles. The minimum Gasteiger partial charge on any atom is -0.433 e. The maximum Gasteiger partial charge on any atom is 0.387 e. The maximum atomic E-state index is 12.1. The molecule has 2 aromatic rings. The van der Waals surface area contributed by atoms with Crippen LogP contribution in [0.3, 0.4) is 0 Å². The molecule has 0 radical (unpaired) electrons. The van der Waals surface area contributed by atoms with E-state index in [0.29, 0.717) is 0 Å². The first-order valence-corrected chi connectivity index (χ1v) is 5.47. The van der Waals surface area contributed by atoms with Crippen LogP contribution in [0.2, 0.25) is 0 Å². The summed E-state index contributed by atoms with van der Waals surface area (Å²) in [6, 6.07) is 12.7. The Labute approximate surface area is 104 Å². The lowest BCUT2D eigenvalue weighted by molar-refractivity contribution is -0.0493. The molecule has 2 N–H and O–H groups in total. The zero-order valence-electron chi connectivity index (χ0n) is 9.86. The Balaban J connectivity index is 2.31. The number of hydrogen-bond acceptors (Lipinski definition) is 2. The fourth-order valence-corrected chi connectivity index (χ4v) is 1.68. The number of halogens is 2. The van der Waals surface area contributed by atoms with Gasteiger partial charge in [-0.3, -0.25) is 0 Å². The summed E-state index contributed by atoms with van der Waals surface area (Å²) in [5.74, 6) is 0.000798. The van der Waals surface area contributed by atoms with Gasteiger partial charge in [-0.1, -0.05) is 35.9 Å². The van der Waals surface area contributed by atoms with Crippen LogP contribution in [0.15, 0.2) is 42.5 Å². The number of nitrogen functional groups attached to an aromatic ring is 1. The van der Waals surface area contributed by atoms with Crippen molar-refractivity contribution in [2.75, 3.05) is 5.73 Å². The smallest absolute Gasteiger partial charge is 0.387 e. The van der Waals surface area contributed by atoms with E-state index in [0.717, 1.165) is 16.7 Å². The minimum absolute atomic E-state index is 0.000798. The van der Waals surface area contributed by atoms with Crippen LogP contribution in [0.5, 0.6) is 5.75 Å². The molecular formula is C14H13F2NO. The summed E-state index contributed by atoms with van der Waals surface area (Å²) in [6.45, 7) is -0.866. The van der Waals surface area contributed by atoms with Crippen LogP contribution in [0.25, 0.3) is 11.1 Å². The van der Waals surface area contributed by atoms with Gasteiger partial charge < -0.3 is 10.5 Å². The first-order chi connectivity index (χ1) is 8.56. The van der Waals surface area contributed by atoms with Crippen LogP contribution < -0.4 is 10.5 Å². The number of anilines is 1. The molecule has 94 valence electrons. The molecule has 0 fully saturated rings. The monoisotopic (exact) mass is 249 g/mol. The van der Waals surface area contributed by atoms with Crippen molar-refractivity contribution in [1.82, 2.24) is 0 Å². The zero-order valence-corrected chi connectivity index (χ0v) is 9.86. The largest absolute Gasteiger partial charge is 0.433 e. The molecule has 0 atom stereocenters. The van der Waals surface area contributed by atoms with Gasteiger partial charge in [-0.25, -0.2) is 0 Å². The van der Waals surface area contributed by atoms with Crippen molar-refractivity contribution in [3.63, 3.8) is 0 Å². The van der Waals surface area contributed by atoms with Gasteiger partial charge in [0.2, 0.25) is 0 Å². The fourth-order valence-electron chi connectivity index (χ4n) is 1.68. The molecule has 0 bridgehead atoms. The van der Waals surface area contributed by atoms with Crippen molar-refractivity contribution in [3.05, 3.63) is 48.0 Å². The van der Waals surface area contributed by atoms with E-state index in [4.69, 9.17) is 5.73 Å². The quantitative estimate of drug-likeness (QED) is 0.838. The van der Waals surface area contributed by atoms with Gasteiger partial charge in [0.1, 0.15) is 5.75 Å². The van der Waals surface area contributed by atoms with Crippen molar-refractivity contribution in [3.8, 4) is 16.9 Å². The van der Waals surface area contributed by atoms with Crippen molar-refractivity contribution in [2.45, 2.75) is 13.5 Å². The van der Waals surface area contributed by atoms with E-state index in [1.54, 1.807) is 12.1 Å². The highest BCUT2D eigenvalue weighted by Crippen LogP contribution is 2.29. The van der Waals surface area contributed by atoms with Gasteiger partial charge in [-0.15, -0.1) is 0 Å². The lowest BCUT2D eigenvalue weighted by Gasteiger charge is -2.09. The number of nitrogens with two attached hydrogens (primary N) is 1. The van der Waals surface area contributed by atoms with E-state index >= 15 is 0 Å².